The minimum Gasteiger partial charge on any atom is -0.396 e. The van der Waals surface area contributed by atoms with Crippen molar-refractivity contribution in [1.82, 2.24) is 10.6 Å². The summed E-state index contributed by atoms with van der Waals surface area (Å²) in [6.45, 7) is 0.784. The minimum absolute atomic E-state index is 0.00916. The maximum atomic E-state index is 13.1. The molecule has 0 aromatic carbocycles. The second-order valence-electron chi connectivity index (χ2n) is 8.23. The number of carbonyl (C=O) groups excluding carboxylic acids is 1. The van der Waals surface area contributed by atoms with Crippen LogP contribution in [0.15, 0.2) is 0 Å². The number of aliphatic hydroxyl groups excluding tert-OH is 1. The molecule has 1 saturated carbocycles. The highest BCUT2D eigenvalue weighted by Crippen LogP contribution is 2.39. The van der Waals surface area contributed by atoms with Crippen LogP contribution in [-0.4, -0.2) is 48.6 Å². The fourth-order valence-electron chi connectivity index (χ4n) is 5.35. The molecule has 0 spiro atoms. The highest BCUT2D eigenvalue weighted by Gasteiger charge is 2.51. The fourth-order valence-corrected chi connectivity index (χ4v) is 5.35. The first kappa shape index (κ1) is 16.9. The van der Waals surface area contributed by atoms with Crippen LogP contribution in [0.2, 0.25) is 0 Å². The summed E-state index contributed by atoms with van der Waals surface area (Å²) < 4.78 is 6.21. The molecule has 4 aliphatic rings. The Morgan fingerprint density at radius 2 is 1.96 bits per heavy atom. The third-order valence-corrected chi connectivity index (χ3v) is 6.83. The highest BCUT2D eigenvalue weighted by molar-refractivity contribution is 5.85. The first-order chi connectivity index (χ1) is 11.7. The van der Waals surface area contributed by atoms with E-state index < -0.39 is 0 Å². The van der Waals surface area contributed by atoms with E-state index in [9.17, 15) is 9.90 Å². The zero-order chi connectivity index (χ0) is 16.7. The van der Waals surface area contributed by atoms with Crippen molar-refractivity contribution in [1.29, 1.82) is 0 Å². The quantitative estimate of drug-likeness (QED) is 0.580. The third-order valence-electron chi connectivity index (χ3n) is 6.83. The van der Waals surface area contributed by atoms with Gasteiger partial charge in [-0.15, -0.1) is 0 Å². The number of nitrogens with two attached hydrogens (primary N) is 1. The van der Waals surface area contributed by atoms with E-state index in [0.29, 0.717) is 24.2 Å². The lowest BCUT2D eigenvalue weighted by Gasteiger charge is -2.50. The lowest BCUT2D eigenvalue weighted by atomic mass is 9.71. The topological polar surface area (TPSA) is 96.6 Å². The van der Waals surface area contributed by atoms with Crippen LogP contribution >= 0.6 is 0 Å². The van der Waals surface area contributed by atoms with E-state index >= 15 is 0 Å². The van der Waals surface area contributed by atoms with Crippen LogP contribution in [-0.2, 0) is 9.53 Å². The summed E-state index contributed by atoms with van der Waals surface area (Å²) in [6, 6.07) is 0.461. The Kier molecular flexibility index (Phi) is 4.93. The Morgan fingerprint density at radius 3 is 2.71 bits per heavy atom. The van der Waals surface area contributed by atoms with E-state index in [1.54, 1.807) is 0 Å². The van der Waals surface area contributed by atoms with Crippen molar-refractivity contribution < 1.29 is 14.6 Å². The van der Waals surface area contributed by atoms with Crippen LogP contribution in [0.25, 0.3) is 0 Å². The number of hydrogen-bond donors (Lipinski definition) is 4. The monoisotopic (exact) mass is 337 g/mol. The number of ether oxygens (including phenoxy) is 1. The van der Waals surface area contributed by atoms with Gasteiger partial charge in [0, 0.05) is 31.0 Å². The SMILES string of the molecule is NC1NC2OC3CNC(C4CCCCC4)CC3C(=O)C2CC1CO. The van der Waals surface area contributed by atoms with Crippen LogP contribution in [0.5, 0.6) is 0 Å². The maximum Gasteiger partial charge on any atom is 0.145 e. The van der Waals surface area contributed by atoms with Gasteiger partial charge >= 0.3 is 0 Å². The predicted molar refractivity (Wildman–Crippen MR) is 89.9 cm³/mol. The maximum absolute atomic E-state index is 13.1. The van der Waals surface area contributed by atoms with Gasteiger partial charge in [-0.05, 0) is 31.6 Å². The van der Waals surface area contributed by atoms with Crippen molar-refractivity contribution in [2.75, 3.05) is 13.2 Å². The van der Waals surface area contributed by atoms with Crippen molar-refractivity contribution in [3.63, 3.8) is 0 Å². The molecule has 0 radical (unpaired) electrons. The van der Waals surface area contributed by atoms with Crippen LogP contribution in [0, 0.1) is 23.7 Å². The van der Waals surface area contributed by atoms with Gasteiger partial charge in [0.15, 0.2) is 0 Å². The van der Waals surface area contributed by atoms with Crippen LogP contribution in [0.3, 0.4) is 0 Å². The number of aliphatic hydroxyl groups is 1. The summed E-state index contributed by atoms with van der Waals surface area (Å²) in [5.74, 6) is 0.833. The predicted octanol–water partition coefficient (Wildman–Crippen LogP) is 0.342. The van der Waals surface area contributed by atoms with E-state index in [4.69, 9.17) is 10.5 Å². The third kappa shape index (κ3) is 3.03. The Hall–Kier alpha value is -0.530. The molecule has 0 aromatic rings. The largest absolute Gasteiger partial charge is 0.396 e. The van der Waals surface area contributed by atoms with Gasteiger partial charge in [-0.25, -0.2) is 0 Å². The van der Waals surface area contributed by atoms with Crippen molar-refractivity contribution in [2.24, 2.45) is 29.4 Å². The average molecular weight is 337 g/mol. The molecule has 4 fully saturated rings. The van der Waals surface area contributed by atoms with Crippen LogP contribution < -0.4 is 16.4 Å². The molecule has 136 valence electrons. The Morgan fingerprint density at radius 1 is 1.17 bits per heavy atom. The first-order valence-corrected chi connectivity index (χ1v) is 9.72. The zero-order valence-corrected chi connectivity index (χ0v) is 14.3. The van der Waals surface area contributed by atoms with Gasteiger partial charge in [-0.1, -0.05) is 19.3 Å². The molecule has 6 heteroatoms. The van der Waals surface area contributed by atoms with Crippen molar-refractivity contribution in [3.05, 3.63) is 0 Å². The number of fused-ring (bicyclic) bond motifs is 2. The van der Waals surface area contributed by atoms with E-state index in [1.807, 2.05) is 0 Å². The van der Waals surface area contributed by atoms with E-state index in [-0.39, 0.29) is 42.9 Å². The lowest BCUT2D eigenvalue weighted by molar-refractivity contribution is -0.179. The summed E-state index contributed by atoms with van der Waals surface area (Å²) in [5.41, 5.74) is 6.05. The Labute approximate surface area is 143 Å². The molecule has 0 bridgehead atoms. The molecule has 4 rings (SSSR count). The lowest BCUT2D eigenvalue weighted by Crippen LogP contribution is -2.67. The highest BCUT2D eigenvalue weighted by atomic mass is 16.5. The van der Waals surface area contributed by atoms with Gasteiger partial charge in [-0.3, -0.25) is 10.1 Å². The first-order valence-electron chi connectivity index (χ1n) is 9.72. The zero-order valence-electron chi connectivity index (χ0n) is 14.3. The van der Waals surface area contributed by atoms with Gasteiger partial charge in [0.2, 0.25) is 0 Å². The number of carbonyl (C=O) groups is 1. The Bertz CT molecular complexity index is 468. The molecular weight excluding hydrogens is 306 g/mol. The van der Waals surface area contributed by atoms with Crippen molar-refractivity contribution >= 4 is 5.78 Å². The number of hydrogen-bond acceptors (Lipinski definition) is 6. The van der Waals surface area contributed by atoms with Gasteiger partial charge in [0.1, 0.15) is 12.0 Å². The molecule has 0 amide bonds. The molecule has 0 aromatic heterocycles. The molecular formula is C18H31N3O3. The fraction of sp³-hybridized carbons (Fsp3) is 0.944. The number of rotatable bonds is 2. The summed E-state index contributed by atoms with van der Waals surface area (Å²) in [6.07, 6.45) is 7.51. The number of ketones is 1. The van der Waals surface area contributed by atoms with Gasteiger partial charge in [-0.2, -0.15) is 0 Å². The molecule has 3 aliphatic heterocycles. The summed E-state index contributed by atoms with van der Waals surface area (Å²) >= 11 is 0. The smallest absolute Gasteiger partial charge is 0.145 e. The second-order valence-corrected chi connectivity index (χ2v) is 8.23. The normalized spacial score (nSPS) is 47.1. The summed E-state index contributed by atoms with van der Waals surface area (Å²) in [7, 11) is 0. The molecule has 7 unspecified atom stereocenters. The Balaban J connectivity index is 1.45. The summed E-state index contributed by atoms with van der Waals surface area (Å²) in [4.78, 5) is 13.1. The molecule has 7 atom stereocenters. The van der Waals surface area contributed by atoms with E-state index in [0.717, 1.165) is 13.0 Å². The van der Waals surface area contributed by atoms with Crippen molar-refractivity contribution in [3.8, 4) is 0 Å². The molecule has 6 nitrogen and oxygen atoms in total. The summed E-state index contributed by atoms with van der Waals surface area (Å²) in [5, 5.41) is 16.4. The van der Waals surface area contributed by atoms with Crippen molar-refractivity contribution in [2.45, 2.75) is 69.5 Å². The number of Topliss-reactive ketones (excluding diaryl/α,β-unsaturated/α-hetero) is 1. The van der Waals surface area contributed by atoms with E-state index in [2.05, 4.69) is 10.6 Å². The molecule has 1 aliphatic carbocycles. The second kappa shape index (κ2) is 7.00. The number of nitrogens with one attached hydrogen (secondary N) is 2. The van der Waals surface area contributed by atoms with Crippen LogP contribution in [0.1, 0.15) is 44.9 Å². The van der Waals surface area contributed by atoms with Crippen LogP contribution in [0.4, 0.5) is 0 Å². The molecule has 24 heavy (non-hydrogen) atoms. The molecule has 3 saturated heterocycles. The van der Waals surface area contributed by atoms with Gasteiger partial charge in [0.25, 0.3) is 0 Å². The average Bonchev–Trinajstić information content (AvgIpc) is 2.62. The van der Waals surface area contributed by atoms with Gasteiger partial charge in [0.05, 0.1) is 18.2 Å². The molecule has 3 heterocycles. The standard InChI is InChI=1S/C18H31N3O3/c19-17-11(9-22)6-13-16(23)12-7-14(10-4-2-1-3-5-10)20-8-15(12)24-18(13)21-17/h10-15,17-18,20-22H,1-9,19H2. The van der Waals surface area contributed by atoms with E-state index in [1.165, 1.54) is 32.1 Å². The van der Waals surface area contributed by atoms with Gasteiger partial charge < -0.3 is 20.9 Å². The number of piperidine rings is 2. The molecule has 5 N–H and O–H groups in total. The minimum atomic E-state index is -0.299.